The van der Waals surface area contributed by atoms with Crippen LogP contribution in [0.15, 0.2) is 28.8 Å². The zero-order chi connectivity index (χ0) is 14.8. The number of aromatic nitrogens is 2. The van der Waals surface area contributed by atoms with Gasteiger partial charge in [-0.15, -0.1) is 0 Å². The number of benzene rings is 1. The third-order valence-corrected chi connectivity index (χ3v) is 3.37. The summed E-state index contributed by atoms with van der Waals surface area (Å²) in [5, 5.41) is 3.92. The Morgan fingerprint density at radius 2 is 2.14 bits per heavy atom. The Kier molecular flexibility index (Phi) is 3.68. The molecule has 1 saturated carbocycles. The van der Waals surface area contributed by atoms with Gasteiger partial charge in [0, 0.05) is 5.92 Å². The average molecular weight is 290 g/mol. The first kappa shape index (κ1) is 13.7. The molecular weight excluding hydrogens is 275 g/mol. The van der Waals surface area contributed by atoms with Crippen LogP contribution in [0.5, 0.6) is 0 Å². The van der Waals surface area contributed by atoms with Gasteiger partial charge in [0.05, 0.1) is 6.61 Å². The maximum atomic E-state index is 13.1. The lowest BCUT2D eigenvalue weighted by atomic mass is 9.99. The molecule has 0 N–H and O–H groups in total. The molecule has 2 aromatic rings. The number of esters is 1. The Bertz CT molecular complexity index is 635. The summed E-state index contributed by atoms with van der Waals surface area (Å²) in [6.07, 6.45) is 2.08. The Hall–Kier alpha value is -2.24. The van der Waals surface area contributed by atoms with Gasteiger partial charge in [0.25, 0.3) is 0 Å². The summed E-state index contributed by atoms with van der Waals surface area (Å²) in [4.78, 5) is 16.5. The molecule has 6 heteroatoms. The van der Waals surface area contributed by atoms with Gasteiger partial charge in [-0.25, -0.2) is 4.39 Å². The molecule has 1 aliphatic carbocycles. The predicted molar refractivity (Wildman–Crippen MR) is 71.1 cm³/mol. The second kappa shape index (κ2) is 5.63. The minimum atomic E-state index is -0.814. The minimum absolute atomic E-state index is 0.196. The van der Waals surface area contributed by atoms with Crippen LogP contribution in [-0.4, -0.2) is 22.7 Å². The highest BCUT2D eigenvalue weighted by atomic mass is 19.1. The SMILES string of the molecule is CCOC(=O)C(c1ccc(F)cc1)c1nc(C2CC2)no1. The quantitative estimate of drug-likeness (QED) is 0.792. The third kappa shape index (κ3) is 2.94. The number of halogens is 1. The van der Waals surface area contributed by atoms with Gasteiger partial charge < -0.3 is 9.26 Å². The second-order valence-electron chi connectivity index (χ2n) is 5.00. The first-order valence-corrected chi connectivity index (χ1v) is 6.94. The van der Waals surface area contributed by atoms with Crippen molar-refractivity contribution in [2.75, 3.05) is 6.61 Å². The number of hydrogen-bond acceptors (Lipinski definition) is 5. The summed E-state index contributed by atoms with van der Waals surface area (Å²) in [6, 6.07) is 5.63. The topological polar surface area (TPSA) is 65.2 Å². The van der Waals surface area contributed by atoms with Crippen LogP contribution in [0.4, 0.5) is 4.39 Å². The molecule has 110 valence electrons. The number of hydrogen-bond donors (Lipinski definition) is 0. The van der Waals surface area contributed by atoms with E-state index in [0.717, 1.165) is 12.8 Å². The van der Waals surface area contributed by atoms with Gasteiger partial charge in [0.2, 0.25) is 5.89 Å². The van der Waals surface area contributed by atoms with Crippen LogP contribution in [0.1, 0.15) is 48.9 Å². The van der Waals surface area contributed by atoms with E-state index < -0.39 is 11.9 Å². The lowest BCUT2D eigenvalue weighted by molar-refractivity contribution is -0.144. The molecule has 0 spiro atoms. The van der Waals surface area contributed by atoms with Crippen LogP contribution in [0, 0.1) is 5.82 Å². The minimum Gasteiger partial charge on any atom is -0.465 e. The summed E-state index contributed by atoms with van der Waals surface area (Å²) in [5.41, 5.74) is 0.570. The van der Waals surface area contributed by atoms with Gasteiger partial charge in [-0.05, 0) is 37.5 Å². The molecule has 1 aliphatic rings. The first-order chi connectivity index (χ1) is 10.2. The maximum Gasteiger partial charge on any atom is 0.323 e. The Labute approximate surface area is 121 Å². The smallest absolute Gasteiger partial charge is 0.323 e. The van der Waals surface area contributed by atoms with E-state index in [0.29, 0.717) is 17.3 Å². The molecule has 1 aromatic carbocycles. The van der Waals surface area contributed by atoms with Crippen molar-refractivity contribution in [2.24, 2.45) is 0 Å². The van der Waals surface area contributed by atoms with Gasteiger partial charge >= 0.3 is 5.97 Å². The normalized spacial score (nSPS) is 15.7. The molecule has 0 bridgehead atoms. The van der Waals surface area contributed by atoms with Crippen molar-refractivity contribution in [1.82, 2.24) is 10.1 Å². The van der Waals surface area contributed by atoms with E-state index in [2.05, 4.69) is 10.1 Å². The van der Waals surface area contributed by atoms with Crippen molar-refractivity contribution in [1.29, 1.82) is 0 Å². The molecule has 0 amide bonds. The van der Waals surface area contributed by atoms with Crippen molar-refractivity contribution in [3.05, 3.63) is 47.4 Å². The fraction of sp³-hybridized carbons (Fsp3) is 0.400. The van der Waals surface area contributed by atoms with Crippen molar-refractivity contribution in [3.63, 3.8) is 0 Å². The van der Waals surface area contributed by atoms with Crippen LogP contribution < -0.4 is 0 Å². The largest absolute Gasteiger partial charge is 0.465 e. The standard InChI is InChI=1S/C15H15FN2O3/c1-2-20-15(19)12(9-5-7-11(16)8-6-9)14-17-13(18-21-14)10-3-4-10/h5-8,10,12H,2-4H2,1H3. The molecule has 1 aromatic heterocycles. The second-order valence-corrected chi connectivity index (χ2v) is 5.00. The van der Waals surface area contributed by atoms with Gasteiger partial charge in [0.1, 0.15) is 5.82 Å². The lowest BCUT2D eigenvalue weighted by Gasteiger charge is -2.11. The van der Waals surface area contributed by atoms with Crippen LogP contribution in [0.2, 0.25) is 0 Å². The van der Waals surface area contributed by atoms with Gasteiger partial charge in [-0.3, -0.25) is 4.79 Å². The molecule has 1 unspecified atom stereocenters. The predicted octanol–water partition coefficient (Wildman–Crippen LogP) is 2.78. The van der Waals surface area contributed by atoms with E-state index >= 15 is 0 Å². The highest BCUT2D eigenvalue weighted by Crippen LogP contribution is 2.39. The third-order valence-electron chi connectivity index (χ3n) is 3.37. The molecule has 21 heavy (non-hydrogen) atoms. The number of nitrogens with zero attached hydrogens (tertiary/aromatic N) is 2. The van der Waals surface area contributed by atoms with E-state index in [4.69, 9.17) is 9.26 Å². The summed E-state index contributed by atoms with van der Waals surface area (Å²) < 4.78 is 23.3. The van der Waals surface area contributed by atoms with Crippen molar-refractivity contribution in [3.8, 4) is 0 Å². The fourth-order valence-corrected chi connectivity index (χ4v) is 2.13. The Morgan fingerprint density at radius 1 is 1.43 bits per heavy atom. The molecule has 1 atom stereocenters. The molecule has 0 aliphatic heterocycles. The van der Waals surface area contributed by atoms with Crippen molar-refractivity contribution >= 4 is 5.97 Å². The van der Waals surface area contributed by atoms with Crippen LogP contribution >= 0.6 is 0 Å². The maximum absolute atomic E-state index is 13.1. The van der Waals surface area contributed by atoms with Gasteiger partial charge in [0.15, 0.2) is 11.7 Å². The highest BCUT2D eigenvalue weighted by molar-refractivity contribution is 5.80. The summed E-state index contributed by atoms with van der Waals surface area (Å²) in [6.45, 7) is 1.98. The highest BCUT2D eigenvalue weighted by Gasteiger charge is 2.34. The molecule has 3 rings (SSSR count). The number of rotatable bonds is 5. The van der Waals surface area contributed by atoms with Gasteiger partial charge in [-0.2, -0.15) is 4.98 Å². The molecule has 5 nitrogen and oxygen atoms in total. The number of carbonyl (C=O) groups excluding carboxylic acids is 1. The lowest BCUT2D eigenvalue weighted by Crippen LogP contribution is -2.17. The summed E-state index contributed by atoms with van der Waals surface area (Å²) in [7, 11) is 0. The van der Waals surface area contributed by atoms with Crippen LogP contribution in [-0.2, 0) is 9.53 Å². The Morgan fingerprint density at radius 3 is 2.76 bits per heavy atom. The molecule has 1 heterocycles. The van der Waals surface area contributed by atoms with Crippen molar-refractivity contribution < 1.29 is 18.4 Å². The molecule has 1 fully saturated rings. The molecule has 0 radical (unpaired) electrons. The number of ether oxygens (including phenoxy) is 1. The Balaban J connectivity index is 1.93. The monoisotopic (exact) mass is 290 g/mol. The summed E-state index contributed by atoms with van der Waals surface area (Å²) >= 11 is 0. The zero-order valence-corrected chi connectivity index (χ0v) is 11.6. The van der Waals surface area contributed by atoms with Crippen LogP contribution in [0.25, 0.3) is 0 Å². The van der Waals surface area contributed by atoms with Crippen LogP contribution in [0.3, 0.4) is 0 Å². The van der Waals surface area contributed by atoms with E-state index in [9.17, 15) is 9.18 Å². The van der Waals surface area contributed by atoms with E-state index in [1.165, 1.54) is 24.3 Å². The zero-order valence-electron chi connectivity index (χ0n) is 11.6. The average Bonchev–Trinajstić information content (AvgIpc) is 3.21. The van der Waals surface area contributed by atoms with Crippen molar-refractivity contribution in [2.45, 2.75) is 31.6 Å². The van der Waals surface area contributed by atoms with Gasteiger partial charge in [-0.1, -0.05) is 17.3 Å². The number of carbonyl (C=O) groups is 1. The first-order valence-electron chi connectivity index (χ1n) is 6.94. The molecular formula is C15H15FN2O3. The van der Waals surface area contributed by atoms with E-state index in [1.54, 1.807) is 6.92 Å². The van der Waals surface area contributed by atoms with E-state index in [1.807, 2.05) is 0 Å². The summed E-state index contributed by atoms with van der Waals surface area (Å²) in [5.74, 6) is -0.506. The fourth-order valence-electron chi connectivity index (χ4n) is 2.13. The molecule has 0 saturated heterocycles. The van der Waals surface area contributed by atoms with E-state index in [-0.39, 0.29) is 18.3 Å².